The highest BCUT2D eigenvalue weighted by atomic mass is 19.4. The number of fused-ring (bicyclic) bond motifs is 1. The molecule has 3 aromatic rings. The number of anilines is 1. The summed E-state index contributed by atoms with van der Waals surface area (Å²) in [7, 11) is 1.78. The molecule has 0 unspecified atom stereocenters. The van der Waals surface area contributed by atoms with Crippen LogP contribution in [0.15, 0.2) is 65.2 Å². The predicted octanol–water partition coefficient (Wildman–Crippen LogP) is 3.41. The second-order valence-corrected chi connectivity index (χ2v) is 8.57. The van der Waals surface area contributed by atoms with Gasteiger partial charge in [0.2, 0.25) is 5.91 Å². The lowest BCUT2D eigenvalue weighted by Crippen LogP contribution is -2.30. The van der Waals surface area contributed by atoms with Gasteiger partial charge in [-0.2, -0.15) is 27.1 Å². The van der Waals surface area contributed by atoms with Crippen LogP contribution in [0.25, 0.3) is 11.1 Å². The van der Waals surface area contributed by atoms with Crippen molar-refractivity contribution in [2.24, 2.45) is 5.73 Å². The van der Waals surface area contributed by atoms with Gasteiger partial charge in [-0.3, -0.25) is 9.36 Å². The maximum atomic E-state index is 12.9. The molecule has 1 aliphatic heterocycles. The number of aliphatic carboxylic acids is 1. The molecular formula is C25H24F5N5O4. The molecule has 4 rings (SSSR count). The van der Waals surface area contributed by atoms with E-state index in [1.165, 1.54) is 10.9 Å². The number of carbonyl (C=O) groups is 2. The molecule has 208 valence electrons. The molecule has 0 bridgehead atoms. The minimum atomic E-state index is -5.08. The summed E-state index contributed by atoms with van der Waals surface area (Å²) in [6.07, 6.45) is -4.43. The lowest BCUT2D eigenvalue weighted by molar-refractivity contribution is -0.192. The molecule has 2 aromatic carbocycles. The van der Waals surface area contributed by atoms with Crippen LogP contribution in [0.1, 0.15) is 17.5 Å². The molecule has 0 radical (unpaired) electrons. The van der Waals surface area contributed by atoms with Gasteiger partial charge in [0.1, 0.15) is 6.33 Å². The van der Waals surface area contributed by atoms with Gasteiger partial charge >= 0.3 is 17.8 Å². The fraction of sp³-hybridized carbons (Fsp3) is 0.280. The van der Waals surface area contributed by atoms with E-state index in [1.807, 2.05) is 36.4 Å². The van der Waals surface area contributed by atoms with Crippen LogP contribution in [0.4, 0.5) is 27.6 Å². The summed E-state index contributed by atoms with van der Waals surface area (Å²) >= 11 is 0. The second-order valence-electron chi connectivity index (χ2n) is 8.57. The Morgan fingerprint density at radius 2 is 1.74 bits per heavy atom. The van der Waals surface area contributed by atoms with Crippen molar-refractivity contribution in [1.82, 2.24) is 14.3 Å². The number of aromatic nitrogens is 3. The number of aryl methyl sites for hydroxylation is 1. The van der Waals surface area contributed by atoms with Gasteiger partial charge in [0.05, 0.1) is 13.1 Å². The molecule has 2 heterocycles. The fourth-order valence-corrected chi connectivity index (χ4v) is 3.85. The van der Waals surface area contributed by atoms with Crippen molar-refractivity contribution in [3.63, 3.8) is 0 Å². The molecule has 0 aliphatic carbocycles. The number of hydrogen-bond acceptors (Lipinski definition) is 5. The van der Waals surface area contributed by atoms with Gasteiger partial charge in [0, 0.05) is 31.3 Å². The van der Waals surface area contributed by atoms with E-state index in [2.05, 4.69) is 11.2 Å². The van der Waals surface area contributed by atoms with Crippen molar-refractivity contribution in [3.05, 3.63) is 82.1 Å². The number of carboxylic acid groups (broad SMARTS) is 1. The average Bonchev–Trinajstić information content (AvgIpc) is 3.22. The molecule has 9 nitrogen and oxygen atoms in total. The van der Waals surface area contributed by atoms with Crippen LogP contribution in [-0.4, -0.2) is 51.1 Å². The van der Waals surface area contributed by atoms with Gasteiger partial charge in [-0.1, -0.05) is 24.3 Å². The van der Waals surface area contributed by atoms with Gasteiger partial charge in [-0.25, -0.2) is 14.3 Å². The molecule has 3 N–H and O–H groups in total. The van der Waals surface area contributed by atoms with E-state index < -0.39 is 23.9 Å². The lowest BCUT2D eigenvalue weighted by atomic mass is 9.95. The normalized spacial score (nSPS) is 12.9. The van der Waals surface area contributed by atoms with Crippen molar-refractivity contribution in [2.45, 2.75) is 32.1 Å². The van der Waals surface area contributed by atoms with Crippen molar-refractivity contribution >= 4 is 17.6 Å². The van der Waals surface area contributed by atoms with Gasteiger partial charge in [-0.15, -0.1) is 0 Å². The predicted molar refractivity (Wildman–Crippen MR) is 131 cm³/mol. The number of alkyl halides is 3. The third-order valence-corrected chi connectivity index (χ3v) is 5.93. The summed E-state index contributed by atoms with van der Waals surface area (Å²) in [6.45, 7) is -0.417. The average molecular weight is 553 g/mol. The number of nitrogens with zero attached hydrogens (tertiary/aromatic N) is 4. The van der Waals surface area contributed by atoms with E-state index in [1.54, 1.807) is 11.9 Å². The topological polar surface area (TPSA) is 123 Å². The van der Waals surface area contributed by atoms with Crippen LogP contribution in [0.3, 0.4) is 0 Å². The van der Waals surface area contributed by atoms with E-state index in [-0.39, 0.29) is 31.1 Å². The molecule has 0 saturated carbocycles. The van der Waals surface area contributed by atoms with Gasteiger partial charge in [0.25, 0.3) is 6.08 Å². The van der Waals surface area contributed by atoms with Crippen LogP contribution < -0.4 is 16.3 Å². The smallest absolute Gasteiger partial charge is 0.475 e. The maximum absolute atomic E-state index is 12.9. The molecule has 1 aliphatic rings. The zero-order chi connectivity index (χ0) is 28.9. The van der Waals surface area contributed by atoms with Crippen LogP contribution in [0.5, 0.6) is 0 Å². The quantitative estimate of drug-likeness (QED) is 0.451. The zero-order valence-corrected chi connectivity index (χ0v) is 20.6. The Morgan fingerprint density at radius 1 is 1.08 bits per heavy atom. The number of benzene rings is 2. The number of hydrogen-bond donors (Lipinski definition) is 2. The highest BCUT2D eigenvalue weighted by Crippen LogP contribution is 2.31. The SMILES string of the molecule is CN1C(=O)CCc2cc(-c3cccc(Cn4cnn(CC(CN)=C(F)F)c4=O)c3)ccc21.O=C(O)C(F)(F)F. The van der Waals surface area contributed by atoms with E-state index in [9.17, 15) is 31.5 Å². The molecule has 1 aromatic heterocycles. The molecule has 0 spiro atoms. The summed E-state index contributed by atoms with van der Waals surface area (Å²) in [5.74, 6) is -2.64. The molecule has 0 atom stereocenters. The number of rotatable bonds is 6. The number of carbonyl (C=O) groups excluding carboxylic acids is 1. The number of amides is 1. The lowest BCUT2D eigenvalue weighted by Gasteiger charge is -2.26. The molecular weight excluding hydrogens is 529 g/mol. The highest BCUT2D eigenvalue weighted by molar-refractivity contribution is 5.96. The Hall–Kier alpha value is -4.33. The third kappa shape index (κ3) is 7.16. The first-order chi connectivity index (χ1) is 18.3. The summed E-state index contributed by atoms with van der Waals surface area (Å²) in [4.78, 5) is 35.0. The Balaban J connectivity index is 0.000000532. The highest BCUT2D eigenvalue weighted by Gasteiger charge is 2.38. The first-order valence-electron chi connectivity index (χ1n) is 11.5. The van der Waals surface area contributed by atoms with Crippen molar-refractivity contribution < 1.29 is 36.6 Å². The minimum Gasteiger partial charge on any atom is -0.475 e. The largest absolute Gasteiger partial charge is 0.490 e. The first-order valence-corrected chi connectivity index (χ1v) is 11.5. The standard InChI is InChI=1S/C23H23F2N5O2.C2HF3O2/c1-28-20-7-5-17(10-18(20)6-8-21(28)31)16-4-2-3-15(9-16)12-29-14-27-30(23(29)32)13-19(11-26)22(24)25;3-2(4,5)1(6)7/h2-5,7,9-10,14H,6,8,11-13,26H2,1H3;(H,6,7). The van der Waals surface area contributed by atoms with E-state index in [4.69, 9.17) is 15.6 Å². The monoisotopic (exact) mass is 553 g/mol. The van der Waals surface area contributed by atoms with Gasteiger partial charge in [0.15, 0.2) is 0 Å². The first kappa shape index (κ1) is 29.2. The van der Waals surface area contributed by atoms with Crippen molar-refractivity contribution in [1.29, 1.82) is 0 Å². The van der Waals surface area contributed by atoms with Crippen LogP contribution >= 0.6 is 0 Å². The summed E-state index contributed by atoms with van der Waals surface area (Å²) < 4.78 is 59.8. The zero-order valence-electron chi connectivity index (χ0n) is 20.6. The number of carboxylic acids is 1. The Bertz CT molecular complexity index is 1460. The third-order valence-electron chi connectivity index (χ3n) is 5.93. The van der Waals surface area contributed by atoms with Gasteiger partial charge in [-0.05, 0) is 46.9 Å². The van der Waals surface area contributed by atoms with Crippen LogP contribution in [-0.2, 0) is 29.1 Å². The van der Waals surface area contributed by atoms with Crippen LogP contribution in [0, 0.1) is 0 Å². The Labute approximate surface area is 218 Å². The van der Waals surface area contributed by atoms with Gasteiger partial charge < -0.3 is 15.7 Å². The van der Waals surface area contributed by atoms with Crippen molar-refractivity contribution in [2.75, 3.05) is 18.5 Å². The summed E-state index contributed by atoms with van der Waals surface area (Å²) in [6, 6.07) is 13.8. The van der Waals surface area contributed by atoms with E-state index >= 15 is 0 Å². The molecule has 39 heavy (non-hydrogen) atoms. The second kappa shape index (κ2) is 12.0. The molecule has 0 saturated heterocycles. The number of nitrogens with two attached hydrogens (primary N) is 1. The molecule has 0 fully saturated rings. The molecule has 14 heteroatoms. The van der Waals surface area contributed by atoms with Crippen LogP contribution in [0.2, 0.25) is 0 Å². The summed E-state index contributed by atoms with van der Waals surface area (Å²) in [5.41, 5.74) is 9.45. The van der Waals surface area contributed by atoms with E-state index in [0.717, 1.165) is 32.6 Å². The summed E-state index contributed by atoms with van der Waals surface area (Å²) in [5, 5.41) is 11.1. The minimum absolute atomic E-state index is 0.113. The van der Waals surface area contributed by atoms with Crippen molar-refractivity contribution in [3.8, 4) is 11.1 Å². The van der Waals surface area contributed by atoms with E-state index in [0.29, 0.717) is 12.8 Å². The molecule has 1 amide bonds. The maximum Gasteiger partial charge on any atom is 0.490 e. The Morgan fingerprint density at radius 3 is 2.36 bits per heavy atom. The number of halogens is 5. The Kier molecular flexibility index (Phi) is 9.01. The fourth-order valence-electron chi connectivity index (χ4n) is 3.85.